The zero-order chi connectivity index (χ0) is 22.0. The monoisotopic (exact) mass is 423 g/mol. The van der Waals surface area contributed by atoms with Gasteiger partial charge in [-0.15, -0.1) is 0 Å². The zero-order valence-electron chi connectivity index (χ0n) is 17.6. The summed E-state index contributed by atoms with van der Waals surface area (Å²) in [6, 6.07) is 5.37. The molecule has 1 aromatic carbocycles. The second-order valence-electron chi connectivity index (χ2n) is 7.67. The van der Waals surface area contributed by atoms with E-state index < -0.39 is 12.0 Å². The number of carbonyl (C=O) groups is 2. The molecule has 2 aromatic rings. The fraction of sp³-hybridized carbons (Fsp3) is 0.391. The Bertz CT molecular complexity index is 1050. The highest BCUT2D eigenvalue weighted by atomic mass is 16.5. The molecule has 2 aliphatic heterocycles. The lowest BCUT2D eigenvalue weighted by molar-refractivity contribution is 0.0523. The number of hydrogen-bond acceptors (Lipinski definition) is 6. The smallest absolute Gasteiger partial charge is 0.280 e. The van der Waals surface area contributed by atoms with Gasteiger partial charge in [-0.2, -0.15) is 0 Å². The fourth-order valence-corrected chi connectivity index (χ4v) is 3.91. The summed E-state index contributed by atoms with van der Waals surface area (Å²) in [4.78, 5) is 33.1. The number of aliphatic hydroxyl groups is 1. The molecule has 0 bridgehead atoms. The van der Waals surface area contributed by atoms with Crippen molar-refractivity contribution in [2.24, 2.45) is 4.99 Å². The van der Waals surface area contributed by atoms with Crippen molar-refractivity contribution in [1.82, 2.24) is 10.3 Å². The van der Waals surface area contributed by atoms with Gasteiger partial charge in [0.1, 0.15) is 17.5 Å². The largest absolute Gasteiger partial charge is 0.492 e. The Kier molecular flexibility index (Phi) is 6.11. The first-order chi connectivity index (χ1) is 15.0. The van der Waals surface area contributed by atoms with Crippen molar-refractivity contribution in [3.8, 4) is 5.75 Å². The Hall–Kier alpha value is -3.10. The number of ether oxygens (including phenoxy) is 2. The lowest BCUT2D eigenvalue weighted by atomic mass is 9.92. The number of rotatable bonds is 4. The number of nitrogens with one attached hydrogen (secondary N) is 1. The number of nitrogens with zero attached hydrogens (tertiary/aromatic N) is 2. The molecule has 0 unspecified atom stereocenters. The molecule has 3 heterocycles. The number of pyridine rings is 1. The van der Waals surface area contributed by atoms with Crippen molar-refractivity contribution in [2.75, 3.05) is 26.9 Å². The van der Waals surface area contributed by atoms with Gasteiger partial charge in [0.05, 0.1) is 31.1 Å². The predicted molar refractivity (Wildman–Crippen MR) is 114 cm³/mol. The molecule has 162 valence electrons. The molecule has 2 amide bonds. The molecule has 1 aromatic heterocycles. The second kappa shape index (κ2) is 8.95. The maximum Gasteiger partial charge on any atom is 0.280 e. The van der Waals surface area contributed by atoms with Crippen LogP contribution in [0.15, 0.2) is 29.4 Å². The van der Waals surface area contributed by atoms with Crippen LogP contribution in [0.1, 0.15) is 49.5 Å². The highest BCUT2D eigenvalue weighted by Gasteiger charge is 2.27. The summed E-state index contributed by atoms with van der Waals surface area (Å²) in [6.07, 6.45) is 2.54. The van der Waals surface area contributed by atoms with Crippen LogP contribution in [0.2, 0.25) is 0 Å². The van der Waals surface area contributed by atoms with Crippen LogP contribution < -0.4 is 10.1 Å². The van der Waals surface area contributed by atoms with Crippen LogP contribution >= 0.6 is 0 Å². The van der Waals surface area contributed by atoms with Gasteiger partial charge in [0.25, 0.3) is 11.8 Å². The molecule has 0 saturated carbocycles. The van der Waals surface area contributed by atoms with Crippen molar-refractivity contribution in [2.45, 2.75) is 32.3 Å². The minimum absolute atomic E-state index is 0.152. The van der Waals surface area contributed by atoms with Gasteiger partial charge in [-0.05, 0) is 42.2 Å². The van der Waals surface area contributed by atoms with Gasteiger partial charge in [-0.3, -0.25) is 14.6 Å². The number of aliphatic imine (C=N–C) groups is 1. The first-order valence-corrected chi connectivity index (χ1v) is 10.3. The maximum absolute atomic E-state index is 13.0. The van der Waals surface area contributed by atoms with Gasteiger partial charge in [0.2, 0.25) is 0 Å². The van der Waals surface area contributed by atoms with Gasteiger partial charge < -0.3 is 19.9 Å². The van der Waals surface area contributed by atoms with E-state index in [1.807, 2.05) is 19.1 Å². The number of aliphatic hydroxyl groups excluding tert-OH is 1. The Morgan fingerprint density at radius 2 is 2.13 bits per heavy atom. The lowest BCUT2D eigenvalue weighted by Crippen LogP contribution is -2.33. The number of amides is 2. The first kappa shape index (κ1) is 21.1. The van der Waals surface area contributed by atoms with Crippen molar-refractivity contribution in [1.29, 1.82) is 0 Å². The van der Waals surface area contributed by atoms with Gasteiger partial charge >= 0.3 is 0 Å². The second-order valence-corrected chi connectivity index (χ2v) is 7.67. The quantitative estimate of drug-likeness (QED) is 0.774. The van der Waals surface area contributed by atoms with Crippen molar-refractivity contribution in [3.05, 3.63) is 57.9 Å². The van der Waals surface area contributed by atoms with E-state index in [9.17, 15) is 14.7 Å². The van der Waals surface area contributed by atoms with Crippen molar-refractivity contribution < 1.29 is 24.2 Å². The average molecular weight is 423 g/mol. The Morgan fingerprint density at radius 1 is 1.29 bits per heavy atom. The number of hydrogen-bond donors (Lipinski definition) is 2. The number of aromatic nitrogens is 1. The molecule has 1 fully saturated rings. The number of fused-ring (bicyclic) bond motifs is 1. The van der Waals surface area contributed by atoms with E-state index in [1.54, 1.807) is 19.3 Å². The molecule has 0 radical (unpaired) electrons. The molecule has 0 aliphatic carbocycles. The van der Waals surface area contributed by atoms with E-state index >= 15 is 0 Å². The Morgan fingerprint density at radius 3 is 2.84 bits per heavy atom. The minimum atomic E-state index is -0.860. The average Bonchev–Trinajstić information content (AvgIpc) is 3.27. The molecule has 31 heavy (non-hydrogen) atoms. The highest BCUT2D eigenvalue weighted by molar-refractivity contribution is 6.07. The highest BCUT2D eigenvalue weighted by Crippen LogP contribution is 2.36. The van der Waals surface area contributed by atoms with Crippen LogP contribution in [0.4, 0.5) is 0 Å². The van der Waals surface area contributed by atoms with Crippen LogP contribution in [0, 0.1) is 6.92 Å². The molecule has 1 saturated heterocycles. The summed E-state index contributed by atoms with van der Waals surface area (Å²) in [5.74, 6) is -0.0617. The fourth-order valence-electron chi connectivity index (χ4n) is 3.91. The third kappa shape index (κ3) is 4.35. The molecule has 2 N–H and O–H groups in total. The van der Waals surface area contributed by atoms with Crippen LogP contribution in [0.5, 0.6) is 5.75 Å². The Balaban J connectivity index is 1.66. The van der Waals surface area contributed by atoms with Gasteiger partial charge in [-0.25, -0.2) is 4.99 Å². The molecule has 8 heteroatoms. The molecule has 8 nitrogen and oxygen atoms in total. The molecule has 2 aliphatic rings. The van der Waals surface area contributed by atoms with Gasteiger partial charge in [0, 0.05) is 31.6 Å². The topological polar surface area (TPSA) is 110 Å². The zero-order valence-corrected chi connectivity index (χ0v) is 17.6. The number of benzene rings is 1. The molecular formula is C23H25N3O5. The van der Waals surface area contributed by atoms with E-state index in [0.717, 1.165) is 28.7 Å². The molecule has 0 spiro atoms. The van der Waals surface area contributed by atoms with Crippen LogP contribution in [-0.2, 0) is 17.6 Å². The number of carbonyl (C=O) groups excluding carboxylic acids is 2. The first-order valence-electron chi connectivity index (χ1n) is 10.3. The van der Waals surface area contributed by atoms with E-state index in [0.29, 0.717) is 48.8 Å². The molecule has 1 atom stereocenters. The predicted octanol–water partition coefficient (Wildman–Crippen LogP) is 1.64. The third-order valence-electron chi connectivity index (χ3n) is 5.69. The van der Waals surface area contributed by atoms with Gasteiger partial charge in [0.15, 0.2) is 0 Å². The van der Waals surface area contributed by atoms with Crippen LogP contribution in [-0.4, -0.2) is 60.6 Å². The van der Waals surface area contributed by atoms with E-state index in [-0.39, 0.29) is 12.5 Å². The lowest BCUT2D eigenvalue weighted by Gasteiger charge is -2.19. The summed E-state index contributed by atoms with van der Waals surface area (Å²) in [5, 5.41) is 12.6. The summed E-state index contributed by atoms with van der Waals surface area (Å²) < 4.78 is 11.0. The third-order valence-corrected chi connectivity index (χ3v) is 5.69. The van der Waals surface area contributed by atoms with E-state index in [4.69, 9.17) is 9.47 Å². The minimum Gasteiger partial charge on any atom is -0.492 e. The van der Waals surface area contributed by atoms with E-state index in [1.165, 1.54) is 0 Å². The van der Waals surface area contributed by atoms with Crippen LogP contribution in [0.25, 0.3) is 0 Å². The van der Waals surface area contributed by atoms with Crippen molar-refractivity contribution in [3.63, 3.8) is 0 Å². The summed E-state index contributed by atoms with van der Waals surface area (Å²) in [6.45, 7) is 3.14. The SMILES string of the molecule is CNC(=O)c1ccc(Cc2cc(C(=O)N=C3CCOC[C@@H]3O)c3c(c2C)CCO3)cn1. The summed E-state index contributed by atoms with van der Waals surface area (Å²) >= 11 is 0. The summed E-state index contributed by atoms with van der Waals surface area (Å²) in [5.41, 5.74) is 5.22. The normalized spacial score (nSPS) is 19.1. The Labute approximate surface area is 180 Å². The van der Waals surface area contributed by atoms with Crippen molar-refractivity contribution >= 4 is 17.5 Å². The van der Waals surface area contributed by atoms with E-state index in [2.05, 4.69) is 15.3 Å². The summed E-state index contributed by atoms with van der Waals surface area (Å²) in [7, 11) is 1.56. The molecular weight excluding hydrogens is 398 g/mol. The maximum atomic E-state index is 13.0. The molecule has 4 rings (SSSR count). The van der Waals surface area contributed by atoms with Gasteiger partial charge in [-0.1, -0.05) is 6.07 Å². The van der Waals surface area contributed by atoms with Crippen LogP contribution in [0.3, 0.4) is 0 Å². The standard InChI is InChI=1S/C23H25N3O5/c1-13-15(9-14-3-4-19(25-11-14)23(29)24-2)10-17(21-16(13)5-8-31-21)22(28)26-18-6-7-30-12-20(18)27/h3-4,10-11,20,27H,5-9,12H2,1-2H3,(H,24,29)/t20-/m0/s1.